The van der Waals surface area contributed by atoms with Gasteiger partial charge in [0.15, 0.2) is 6.10 Å². The monoisotopic (exact) mass is 264 g/mol. The van der Waals surface area contributed by atoms with Crippen LogP contribution >= 0.6 is 0 Å². The van der Waals surface area contributed by atoms with E-state index in [0.29, 0.717) is 18.5 Å². The van der Waals surface area contributed by atoms with Crippen molar-refractivity contribution in [2.75, 3.05) is 5.32 Å². The van der Waals surface area contributed by atoms with Gasteiger partial charge in [0.1, 0.15) is 6.10 Å². The van der Waals surface area contributed by atoms with Crippen molar-refractivity contribution in [3.8, 4) is 0 Å². The minimum Gasteiger partial charge on any atom is -0.479 e. The van der Waals surface area contributed by atoms with Crippen molar-refractivity contribution in [3.63, 3.8) is 0 Å². The van der Waals surface area contributed by atoms with Crippen molar-refractivity contribution in [1.82, 2.24) is 4.98 Å². The van der Waals surface area contributed by atoms with E-state index in [9.17, 15) is 9.59 Å². The quantitative estimate of drug-likeness (QED) is 0.858. The zero-order chi connectivity index (χ0) is 14.0. The molecule has 0 bridgehead atoms. The van der Waals surface area contributed by atoms with Crippen molar-refractivity contribution >= 4 is 17.6 Å². The molecule has 102 valence electrons. The van der Waals surface area contributed by atoms with E-state index in [-0.39, 0.29) is 5.91 Å². The molecular weight excluding hydrogens is 248 g/mol. The molecule has 6 heteroatoms. The first kappa shape index (κ1) is 13.5. The Morgan fingerprint density at radius 3 is 2.58 bits per heavy atom. The lowest BCUT2D eigenvalue weighted by atomic mass is 10.2. The summed E-state index contributed by atoms with van der Waals surface area (Å²) in [6.45, 7) is 3.67. The van der Waals surface area contributed by atoms with Crippen molar-refractivity contribution in [1.29, 1.82) is 0 Å². The molecule has 2 unspecified atom stereocenters. The molecule has 1 aromatic heterocycles. The number of aryl methyl sites for hydroxylation is 2. The highest BCUT2D eigenvalue weighted by Gasteiger charge is 2.34. The number of aromatic nitrogens is 1. The maximum Gasteiger partial charge on any atom is 0.332 e. The van der Waals surface area contributed by atoms with E-state index in [1.54, 1.807) is 19.1 Å². The van der Waals surface area contributed by atoms with Gasteiger partial charge in [-0.2, -0.15) is 0 Å². The van der Waals surface area contributed by atoms with Crippen LogP contribution in [0.1, 0.15) is 24.2 Å². The first-order valence-electron chi connectivity index (χ1n) is 6.11. The number of hydrogen-bond donors (Lipinski definition) is 2. The van der Waals surface area contributed by atoms with Gasteiger partial charge in [-0.3, -0.25) is 9.78 Å². The number of pyridine rings is 1. The summed E-state index contributed by atoms with van der Waals surface area (Å²) in [5.41, 5.74) is 2.22. The molecule has 1 fully saturated rings. The van der Waals surface area contributed by atoms with Crippen molar-refractivity contribution in [3.05, 3.63) is 23.5 Å². The van der Waals surface area contributed by atoms with E-state index in [1.165, 1.54) is 0 Å². The lowest BCUT2D eigenvalue weighted by Gasteiger charge is -2.13. The molecule has 1 saturated heterocycles. The number of amides is 1. The molecule has 1 amide bonds. The topological polar surface area (TPSA) is 88.5 Å². The third-order valence-corrected chi connectivity index (χ3v) is 3.07. The van der Waals surface area contributed by atoms with E-state index in [0.717, 1.165) is 11.4 Å². The van der Waals surface area contributed by atoms with Gasteiger partial charge in [0.2, 0.25) is 0 Å². The molecular formula is C13H16N2O4. The van der Waals surface area contributed by atoms with E-state index < -0.39 is 18.2 Å². The average Bonchev–Trinajstić information content (AvgIpc) is 2.82. The van der Waals surface area contributed by atoms with E-state index in [1.807, 2.05) is 6.92 Å². The number of ether oxygens (including phenoxy) is 1. The molecule has 1 aliphatic heterocycles. The molecule has 2 atom stereocenters. The first-order chi connectivity index (χ1) is 8.97. The van der Waals surface area contributed by atoms with Crippen LogP contribution in [0.3, 0.4) is 0 Å². The van der Waals surface area contributed by atoms with Crippen LogP contribution in [0.2, 0.25) is 0 Å². The van der Waals surface area contributed by atoms with E-state index >= 15 is 0 Å². The number of carbonyl (C=O) groups is 2. The zero-order valence-corrected chi connectivity index (χ0v) is 10.8. The number of aliphatic carboxylic acids is 1. The number of anilines is 1. The van der Waals surface area contributed by atoms with Gasteiger partial charge in [-0.1, -0.05) is 0 Å². The maximum atomic E-state index is 12.0. The molecule has 0 aromatic carbocycles. The third-order valence-electron chi connectivity index (χ3n) is 3.07. The number of nitrogens with one attached hydrogen (secondary N) is 1. The van der Waals surface area contributed by atoms with Crippen LogP contribution < -0.4 is 5.32 Å². The maximum absolute atomic E-state index is 12.0. The molecule has 19 heavy (non-hydrogen) atoms. The molecule has 2 heterocycles. The third kappa shape index (κ3) is 3.08. The summed E-state index contributed by atoms with van der Waals surface area (Å²) < 4.78 is 5.19. The first-order valence-corrected chi connectivity index (χ1v) is 6.11. The highest BCUT2D eigenvalue weighted by molar-refractivity contribution is 5.95. The number of carbonyl (C=O) groups excluding carboxylic acids is 1. The van der Waals surface area contributed by atoms with Gasteiger partial charge in [-0.25, -0.2) is 4.79 Å². The molecule has 1 aliphatic rings. The molecule has 6 nitrogen and oxygen atoms in total. The van der Waals surface area contributed by atoms with Crippen LogP contribution in [0, 0.1) is 13.8 Å². The summed E-state index contributed by atoms with van der Waals surface area (Å²) in [7, 11) is 0. The fourth-order valence-corrected chi connectivity index (χ4v) is 2.04. The smallest absolute Gasteiger partial charge is 0.332 e. The summed E-state index contributed by atoms with van der Waals surface area (Å²) in [6, 6.07) is 3.58. The highest BCUT2D eigenvalue weighted by Crippen LogP contribution is 2.22. The Morgan fingerprint density at radius 2 is 2.00 bits per heavy atom. The number of carboxylic acids is 1. The standard InChI is InChI=1S/C13H16N2O4/c1-7-3-4-9(8(2)14-7)15-12(16)10-5-6-11(19-10)13(17)18/h3-4,10-11H,5-6H2,1-2H3,(H,15,16)(H,17,18). The molecule has 0 aliphatic carbocycles. The summed E-state index contributed by atoms with van der Waals surface area (Å²) in [5, 5.41) is 11.5. The SMILES string of the molecule is Cc1ccc(NC(=O)C2CCC(C(=O)O)O2)c(C)n1. The largest absolute Gasteiger partial charge is 0.479 e. The zero-order valence-electron chi connectivity index (χ0n) is 10.8. The predicted octanol–water partition coefficient (Wildman–Crippen LogP) is 1.27. The van der Waals surface area contributed by atoms with Crippen LogP contribution in [0.4, 0.5) is 5.69 Å². The molecule has 1 aromatic rings. The van der Waals surface area contributed by atoms with Crippen molar-refractivity contribution in [2.45, 2.75) is 38.9 Å². The van der Waals surface area contributed by atoms with Crippen molar-refractivity contribution in [2.24, 2.45) is 0 Å². The fraction of sp³-hybridized carbons (Fsp3) is 0.462. The van der Waals surface area contributed by atoms with Crippen LogP contribution in [0.15, 0.2) is 12.1 Å². The Morgan fingerprint density at radius 1 is 1.32 bits per heavy atom. The fourth-order valence-electron chi connectivity index (χ4n) is 2.04. The minimum atomic E-state index is -1.02. The van der Waals surface area contributed by atoms with Gasteiger partial charge in [0.05, 0.1) is 11.4 Å². The molecule has 0 spiro atoms. The van der Waals surface area contributed by atoms with Crippen LogP contribution in [-0.4, -0.2) is 34.2 Å². The van der Waals surface area contributed by atoms with E-state index in [2.05, 4.69) is 10.3 Å². The molecule has 2 N–H and O–H groups in total. The normalized spacial score (nSPS) is 22.2. The Labute approximate surface area is 110 Å². The van der Waals surface area contributed by atoms with Gasteiger partial charge in [-0.15, -0.1) is 0 Å². The van der Waals surface area contributed by atoms with Crippen LogP contribution in [0.25, 0.3) is 0 Å². The minimum absolute atomic E-state index is 0.322. The van der Waals surface area contributed by atoms with Gasteiger partial charge in [-0.05, 0) is 38.8 Å². The van der Waals surface area contributed by atoms with Gasteiger partial charge >= 0.3 is 5.97 Å². The van der Waals surface area contributed by atoms with E-state index in [4.69, 9.17) is 9.84 Å². The lowest BCUT2D eigenvalue weighted by molar-refractivity contribution is -0.150. The molecule has 0 radical (unpaired) electrons. The number of nitrogens with zero attached hydrogens (tertiary/aromatic N) is 1. The lowest BCUT2D eigenvalue weighted by Crippen LogP contribution is -2.30. The summed E-state index contributed by atoms with van der Waals surface area (Å²) in [6.07, 6.45) is -0.811. The second-order valence-electron chi connectivity index (χ2n) is 4.60. The van der Waals surface area contributed by atoms with Gasteiger partial charge in [0.25, 0.3) is 5.91 Å². The van der Waals surface area contributed by atoms with Gasteiger partial charge < -0.3 is 15.2 Å². The summed E-state index contributed by atoms with van der Waals surface area (Å²) in [4.78, 5) is 27.0. The highest BCUT2D eigenvalue weighted by atomic mass is 16.5. The van der Waals surface area contributed by atoms with Crippen molar-refractivity contribution < 1.29 is 19.4 Å². The Balaban J connectivity index is 2.00. The van der Waals surface area contributed by atoms with Gasteiger partial charge in [0, 0.05) is 5.69 Å². The molecule has 2 rings (SSSR count). The number of hydrogen-bond acceptors (Lipinski definition) is 4. The predicted molar refractivity (Wildman–Crippen MR) is 67.9 cm³/mol. The molecule has 0 saturated carbocycles. The van der Waals surface area contributed by atoms with Crippen LogP contribution in [0.5, 0.6) is 0 Å². The Bertz CT molecular complexity index is 515. The summed E-state index contributed by atoms with van der Waals surface area (Å²) in [5.74, 6) is -1.35. The Kier molecular flexibility index (Phi) is 3.80. The number of carboxylic acid groups (broad SMARTS) is 1. The number of rotatable bonds is 3. The van der Waals surface area contributed by atoms with Crippen LogP contribution in [-0.2, 0) is 14.3 Å². The second-order valence-corrected chi connectivity index (χ2v) is 4.60. The average molecular weight is 264 g/mol. The Hall–Kier alpha value is -1.95. The second kappa shape index (κ2) is 5.36. The summed E-state index contributed by atoms with van der Waals surface area (Å²) >= 11 is 0.